The Kier molecular flexibility index (Phi) is 5.35. The minimum absolute atomic E-state index is 0.445. The molecule has 0 spiro atoms. The average Bonchev–Trinajstić information content (AvgIpc) is 2.29. The molecule has 1 rings (SSSR count). The Morgan fingerprint density at radius 2 is 2.31 bits per heavy atom. The maximum Gasteiger partial charge on any atom is 0.142 e. The number of rotatable bonds is 6. The zero-order chi connectivity index (χ0) is 11.8. The van der Waals surface area contributed by atoms with Crippen molar-refractivity contribution in [3.63, 3.8) is 0 Å². The summed E-state index contributed by atoms with van der Waals surface area (Å²) in [4.78, 5) is 3.94. The summed E-state index contributed by atoms with van der Waals surface area (Å²) in [6, 6.07) is 6.17. The van der Waals surface area contributed by atoms with Crippen molar-refractivity contribution in [1.29, 1.82) is 5.26 Å². The molecule has 0 aliphatic heterocycles. The maximum absolute atomic E-state index is 8.73. The standard InChI is InChI=1S/C13H19N3/c1-3-4-5-6-11(2)16-12-7-8-15-13(9-12)10-14/h7-9,11H,3-6H2,1-2H3,(H,15,16). The predicted molar refractivity (Wildman–Crippen MR) is 66.2 cm³/mol. The summed E-state index contributed by atoms with van der Waals surface area (Å²) in [5, 5.41) is 12.1. The van der Waals surface area contributed by atoms with E-state index >= 15 is 0 Å². The zero-order valence-corrected chi connectivity index (χ0v) is 10.0. The molecule has 86 valence electrons. The average molecular weight is 217 g/mol. The summed E-state index contributed by atoms with van der Waals surface area (Å²) in [7, 11) is 0. The molecule has 0 aromatic carbocycles. The summed E-state index contributed by atoms with van der Waals surface area (Å²) in [5.41, 5.74) is 1.45. The number of aromatic nitrogens is 1. The van der Waals surface area contributed by atoms with Gasteiger partial charge in [-0.25, -0.2) is 4.98 Å². The van der Waals surface area contributed by atoms with Crippen LogP contribution in [-0.4, -0.2) is 11.0 Å². The van der Waals surface area contributed by atoms with Crippen LogP contribution in [0, 0.1) is 11.3 Å². The Hall–Kier alpha value is -1.56. The molecule has 1 atom stereocenters. The third kappa shape index (κ3) is 4.31. The third-order valence-corrected chi connectivity index (χ3v) is 2.53. The van der Waals surface area contributed by atoms with Crippen LogP contribution in [0.1, 0.15) is 45.2 Å². The smallest absolute Gasteiger partial charge is 0.142 e. The first kappa shape index (κ1) is 12.5. The van der Waals surface area contributed by atoms with E-state index in [-0.39, 0.29) is 0 Å². The number of nitriles is 1. The molecule has 0 fully saturated rings. The lowest BCUT2D eigenvalue weighted by Gasteiger charge is -2.14. The predicted octanol–water partition coefficient (Wildman–Crippen LogP) is 3.33. The Morgan fingerprint density at radius 1 is 1.50 bits per heavy atom. The highest BCUT2D eigenvalue weighted by Crippen LogP contribution is 2.12. The van der Waals surface area contributed by atoms with E-state index in [0.717, 1.165) is 12.1 Å². The number of pyridine rings is 1. The molecular formula is C13H19N3. The van der Waals surface area contributed by atoms with E-state index in [0.29, 0.717) is 11.7 Å². The van der Waals surface area contributed by atoms with Gasteiger partial charge in [0.15, 0.2) is 0 Å². The van der Waals surface area contributed by atoms with Crippen molar-refractivity contribution in [3.8, 4) is 6.07 Å². The molecule has 1 unspecified atom stereocenters. The highest BCUT2D eigenvalue weighted by atomic mass is 14.9. The van der Waals surface area contributed by atoms with Gasteiger partial charge in [0, 0.05) is 17.9 Å². The van der Waals surface area contributed by atoms with Crippen LogP contribution < -0.4 is 5.32 Å². The summed E-state index contributed by atoms with van der Waals surface area (Å²) >= 11 is 0. The molecule has 16 heavy (non-hydrogen) atoms. The van der Waals surface area contributed by atoms with Crippen LogP contribution in [-0.2, 0) is 0 Å². The van der Waals surface area contributed by atoms with Gasteiger partial charge in [-0.05, 0) is 25.5 Å². The van der Waals surface area contributed by atoms with Gasteiger partial charge in [-0.1, -0.05) is 26.2 Å². The second kappa shape index (κ2) is 6.84. The van der Waals surface area contributed by atoms with Gasteiger partial charge in [-0.2, -0.15) is 5.26 Å². The lowest BCUT2D eigenvalue weighted by molar-refractivity contribution is 0.615. The minimum atomic E-state index is 0.445. The van der Waals surface area contributed by atoms with E-state index in [1.54, 1.807) is 12.3 Å². The van der Waals surface area contributed by atoms with Gasteiger partial charge in [0.25, 0.3) is 0 Å². The first-order valence-corrected chi connectivity index (χ1v) is 5.89. The van der Waals surface area contributed by atoms with Crippen LogP contribution in [0.4, 0.5) is 5.69 Å². The van der Waals surface area contributed by atoms with Crippen LogP contribution in [0.3, 0.4) is 0 Å². The lowest BCUT2D eigenvalue weighted by atomic mass is 10.1. The van der Waals surface area contributed by atoms with E-state index in [1.165, 1.54) is 19.3 Å². The summed E-state index contributed by atoms with van der Waals surface area (Å²) in [6.07, 6.45) is 6.62. The Bertz CT molecular complexity index is 354. The molecule has 0 amide bonds. The molecule has 0 saturated heterocycles. The van der Waals surface area contributed by atoms with Gasteiger partial charge >= 0.3 is 0 Å². The number of unbranched alkanes of at least 4 members (excludes halogenated alkanes) is 2. The number of hydrogen-bond donors (Lipinski definition) is 1. The fraction of sp³-hybridized carbons (Fsp3) is 0.538. The Labute approximate surface area is 97.5 Å². The monoisotopic (exact) mass is 217 g/mol. The molecule has 1 aromatic rings. The van der Waals surface area contributed by atoms with E-state index in [9.17, 15) is 0 Å². The fourth-order valence-electron chi connectivity index (χ4n) is 1.64. The fourth-order valence-corrected chi connectivity index (χ4v) is 1.64. The first-order valence-electron chi connectivity index (χ1n) is 5.89. The third-order valence-electron chi connectivity index (χ3n) is 2.53. The largest absolute Gasteiger partial charge is 0.382 e. The maximum atomic E-state index is 8.73. The van der Waals surface area contributed by atoms with E-state index in [1.807, 2.05) is 12.1 Å². The molecule has 3 heteroatoms. The molecule has 0 saturated carbocycles. The van der Waals surface area contributed by atoms with Crippen molar-refractivity contribution in [1.82, 2.24) is 4.98 Å². The van der Waals surface area contributed by atoms with Gasteiger partial charge in [0.05, 0.1) is 0 Å². The van der Waals surface area contributed by atoms with Crippen molar-refractivity contribution in [2.24, 2.45) is 0 Å². The van der Waals surface area contributed by atoms with Gasteiger partial charge in [0.1, 0.15) is 11.8 Å². The molecule has 0 aliphatic carbocycles. The molecule has 0 radical (unpaired) electrons. The van der Waals surface area contributed by atoms with Crippen molar-refractivity contribution >= 4 is 5.69 Å². The molecule has 1 N–H and O–H groups in total. The summed E-state index contributed by atoms with van der Waals surface area (Å²) < 4.78 is 0. The highest BCUT2D eigenvalue weighted by molar-refractivity contribution is 5.46. The van der Waals surface area contributed by atoms with Gasteiger partial charge in [-0.3, -0.25) is 0 Å². The van der Waals surface area contributed by atoms with Crippen molar-refractivity contribution in [2.75, 3.05) is 5.32 Å². The van der Waals surface area contributed by atoms with Crippen LogP contribution in [0.25, 0.3) is 0 Å². The van der Waals surface area contributed by atoms with E-state index in [2.05, 4.69) is 24.1 Å². The molecule has 3 nitrogen and oxygen atoms in total. The van der Waals surface area contributed by atoms with Crippen LogP contribution in [0.15, 0.2) is 18.3 Å². The Morgan fingerprint density at radius 3 is 3.00 bits per heavy atom. The molecular weight excluding hydrogens is 198 g/mol. The van der Waals surface area contributed by atoms with Crippen molar-refractivity contribution < 1.29 is 0 Å². The first-order chi connectivity index (χ1) is 7.76. The van der Waals surface area contributed by atoms with E-state index in [4.69, 9.17) is 5.26 Å². The molecule has 1 aromatic heterocycles. The quantitative estimate of drug-likeness (QED) is 0.743. The summed E-state index contributed by atoms with van der Waals surface area (Å²) in [6.45, 7) is 4.38. The topological polar surface area (TPSA) is 48.7 Å². The molecule has 1 heterocycles. The minimum Gasteiger partial charge on any atom is -0.382 e. The SMILES string of the molecule is CCCCCC(C)Nc1ccnc(C#N)c1. The summed E-state index contributed by atoms with van der Waals surface area (Å²) in [5.74, 6) is 0. The number of nitrogens with one attached hydrogen (secondary N) is 1. The number of hydrogen-bond acceptors (Lipinski definition) is 3. The number of anilines is 1. The van der Waals surface area contributed by atoms with Gasteiger partial charge < -0.3 is 5.32 Å². The van der Waals surface area contributed by atoms with Crippen molar-refractivity contribution in [2.45, 2.75) is 45.6 Å². The van der Waals surface area contributed by atoms with E-state index < -0.39 is 0 Å². The lowest BCUT2D eigenvalue weighted by Crippen LogP contribution is -2.14. The second-order valence-electron chi connectivity index (χ2n) is 4.08. The van der Waals surface area contributed by atoms with Crippen molar-refractivity contribution in [3.05, 3.63) is 24.0 Å². The van der Waals surface area contributed by atoms with Crippen LogP contribution >= 0.6 is 0 Å². The van der Waals surface area contributed by atoms with Gasteiger partial charge in [-0.15, -0.1) is 0 Å². The molecule has 0 bridgehead atoms. The van der Waals surface area contributed by atoms with Gasteiger partial charge in [0.2, 0.25) is 0 Å². The second-order valence-corrected chi connectivity index (χ2v) is 4.08. The normalized spacial score (nSPS) is 11.8. The van der Waals surface area contributed by atoms with Crippen LogP contribution in [0.5, 0.6) is 0 Å². The zero-order valence-electron chi connectivity index (χ0n) is 10.0. The molecule has 0 aliphatic rings. The Balaban J connectivity index is 2.43. The highest BCUT2D eigenvalue weighted by Gasteiger charge is 2.02. The van der Waals surface area contributed by atoms with Crippen LogP contribution in [0.2, 0.25) is 0 Å². The number of nitrogens with zero attached hydrogens (tertiary/aromatic N) is 2.